The first kappa shape index (κ1) is 19.4. The predicted octanol–water partition coefficient (Wildman–Crippen LogP) is 5.19. The number of rotatable bonds is 3. The van der Waals surface area contributed by atoms with Gasteiger partial charge in [-0.3, -0.25) is 4.79 Å². The van der Waals surface area contributed by atoms with Crippen molar-refractivity contribution in [1.82, 2.24) is 0 Å². The Morgan fingerprint density at radius 3 is 2.14 bits per heavy atom. The summed E-state index contributed by atoms with van der Waals surface area (Å²) in [6.45, 7) is 11.1. The van der Waals surface area contributed by atoms with E-state index in [0.717, 1.165) is 0 Å². The summed E-state index contributed by atoms with van der Waals surface area (Å²) in [5, 5.41) is 0. The number of hydrogen-bond acceptors (Lipinski definition) is 1. The van der Waals surface area contributed by atoms with Crippen molar-refractivity contribution in [2.45, 2.75) is 60.3 Å². The number of primary amides is 1. The van der Waals surface area contributed by atoms with Crippen LogP contribution in [0.2, 0.25) is 0 Å². The molecule has 2 heteroatoms. The van der Waals surface area contributed by atoms with E-state index < -0.39 is 0 Å². The Labute approximate surface area is 130 Å². The zero-order chi connectivity index (χ0) is 16.3. The molecule has 0 saturated heterocycles. The van der Waals surface area contributed by atoms with Crippen LogP contribution >= 0.6 is 0 Å². The molecule has 0 unspecified atom stereocenters. The second-order valence-electron chi connectivity index (χ2n) is 5.85. The Kier molecular flexibility index (Phi) is 9.44. The van der Waals surface area contributed by atoms with Crippen LogP contribution in [0.25, 0.3) is 5.57 Å². The molecule has 1 aliphatic carbocycles. The molecule has 21 heavy (non-hydrogen) atoms. The van der Waals surface area contributed by atoms with Gasteiger partial charge < -0.3 is 5.73 Å². The Morgan fingerprint density at radius 2 is 1.67 bits per heavy atom. The smallest absolute Gasteiger partial charge is 0.204 e. The van der Waals surface area contributed by atoms with Crippen LogP contribution in [0.15, 0.2) is 35.9 Å². The number of hydrogen-bond donors (Lipinski definition) is 1. The highest BCUT2D eigenvalue weighted by molar-refractivity contribution is 5.71. The normalized spacial score (nSPS) is 15.5. The van der Waals surface area contributed by atoms with E-state index in [2.05, 4.69) is 56.8 Å². The van der Waals surface area contributed by atoms with Crippen LogP contribution < -0.4 is 5.73 Å². The van der Waals surface area contributed by atoms with Crippen LogP contribution in [-0.4, -0.2) is 6.41 Å². The van der Waals surface area contributed by atoms with E-state index in [0.29, 0.717) is 5.41 Å². The van der Waals surface area contributed by atoms with Crippen molar-refractivity contribution >= 4 is 12.0 Å². The average Bonchev–Trinajstić information content (AvgIpc) is 2.78. The fourth-order valence-corrected chi connectivity index (χ4v) is 2.84. The maximum absolute atomic E-state index is 8.58. The molecule has 0 heterocycles. The lowest BCUT2D eigenvalue weighted by Gasteiger charge is -2.17. The quantitative estimate of drug-likeness (QED) is 0.765. The molecule has 0 atom stereocenters. The Morgan fingerprint density at radius 1 is 1.14 bits per heavy atom. The zero-order valence-electron chi connectivity index (χ0n) is 14.3. The minimum atomic E-state index is 0.250. The third kappa shape index (κ3) is 6.61. The van der Waals surface area contributed by atoms with Crippen molar-refractivity contribution in [3.63, 3.8) is 0 Å². The molecule has 118 valence electrons. The van der Waals surface area contributed by atoms with Crippen LogP contribution in [0.5, 0.6) is 0 Å². The van der Waals surface area contributed by atoms with Crippen molar-refractivity contribution in [2.24, 2.45) is 11.1 Å². The molecule has 0 fully saturated rings. The minimum absolute atomic E-state index is 0.250. The highest BCUT2D eigenvalue weighted by atomic mass is 16.1. The van der Waals surface area contributed by atoms with Gasteiger partial charge in [-0.05, 0) is 35.8 Å². The number of carbonyl (C=O) groups excluding carboxylic acids is 1. The first-order valence-corrected chi connectivity index (χ1v) is 7.95. The lowest BCUT2D eigenvalue weighted by Crippen LogP contribution is -2.05. The standard InChI is InChI=1S/C16H22.C2H6.CH3NO/c1-4-8-14-11-16(2,3)12-15(14)13-9-6-5-7-10-13;1-2;2-1-3/h5-7,9-10H,4,8,11-12H2,1-3H3;1-2H3;1H,(H2,2,3). The largest absolute Gasteiger partial charge is 0.372 e. The van der Waals surface area contributed by atoms with Gasteiger partial charge >= 0.3 is 0 Å². The molecule has 2 N–H and O–H groups in total. The summed E-state index contributed by atoms with van der Waals surface area (Å²) in [7, 11) is 0. The molecule has 1 amide bonds. The summed E-state index contributed by atoms with van der Waals surface area (Å²) in [5.74, 6) is 0. The second kappa shape index (κ2) is 10.2. The van der Waals surface area contributed by atoms with Crippen molar-refractivity contribution in [2.75, 3.05) is 0 Å². The number of carbonyl (C=O) groups is 1. The molecule has 2 rings (SSSR count). The number of allylic oxidation sites excluding steroid dienone is 2. The molecular formula is C19H31NO. The molecule has 0 aliphatic heterocycles. The van der Waals surface area contributed by atoms with E-state index in [9.17, 15) is 0 Å². The van der Waals surface area contributed by atoms with Crippen molar-refractivity contribution in [3.05, 3.63) is 41.5 Å². The summed E-state index contributed by atoms with van der Waals surface area (Å²) in [4.78, 5) is 8.58. The molecule has 1 aliphatic rings. The van der Waals surface area contributed by atoms with Gasteiger partial charge in [-0.1, -0.05) is 76.9 Å². The molecule has 0 bridgehead atoms. The van der Waals surface area contributed by atoms with Crippen LogP contribution in [0.4, 0.5) is 0 Å². The fourth-order valence-electron chi connectivity index (χ4n) is 2.84. The third-order valence-corrected chi connectivity index (χ3v) is 3.45. The SMILES string of the molecule is CC.CCCC1=C(c2ccccc2)CC(C)(C)C1.NC=O. The molecule has 0 saturated carbocycles. The number of amides is 1. The summed E-state index contributed by atoms with van der Waals surface area (Å²) in [6.07, 6.45) is 5.31. The lowest BCUT2D eigenvalue weighted by atomic mass is 9.88. The van der Waals surface area contributed by atoms with Gasteiger partial charge in [-0.25, -0.2) is 0 Å². The average molecular weight is 289 g/mol. The van der Waals surface area contributed by atoms with Crippen LogP contribution in [0.1, 0.15) is 65.9 Å². The summed E-state index contributed by atoms with van der Waals surface area (Å²) in [5.41, 5.74) is 9.39. The molecule has 0 radical (unpaired) electrons. The zero-order valence-corrected chi connectivity index (χ0v) is 14.3. The van der Waals surface area contributed by atoms with Gasteiger partial charge in [-0.15, -0.1) is 0 Å². The summed E-state index contributed by atoms with van der Waals surface area (Å²) >= 11 is 0. The highest BCUT2D eigenvalue weighted by Crippen LogP contribution is 2.46. The van der Waals surface area contributed by atoms with E-state index in [-0.39, 0.29) is 6.41 Å². The molecular weight excluding hydrogens is 258 g/mol. The van der Waals surface area contributed by atoms with Gasteiger partial charge in [0.05, 0.1) is 0 Å². The summed E-state index contributed by atoms with van der Waals surface area (Å²) < 4.78 is 0. The summed E-state index contributed by atoms with van der Waals surface area (Å²) in [6, 6.07) is 10.9. The molecule has 0 spiro atoms. The van der Waals surface area contributed by atoms with Crippen molar-refractivity contribution in [1.29, 1.82) is 0 Å². The van der Waals surface area contributed by atoms with Gasteiger partial charge in [0.2, 0.25) is 6.41 Å². The van der Waals surface area contributed by atoms with Crippen LogP contribution in [0.3, 0.4) is 0 Å². The second-order valence-corrected chi connectivity index (χ2v) is 5.85. The Hall–Kier alpha value is -1.57. The van der Waals surface area contributed by atoms with E-state index in [1.54, 1.807) is 11.1 Å². The van der Waals surface area contributed by atoms with Gasteiger partial charge in [0.15, 0.2) is 0 Å². The molecule has 0 aromatic heterocycles. The molecule has 1 aromatic rings. The van der Waals surface area contributed by atoms with Crippen molar-refractivity contribution < 1.29 is 4.79 Å². The van der Waals surface area contributed by atoms with Gasteiger partial charge in [0.1, 0.15) is 0 Å². The van der Waals surface area contributed by atoms with Crippen LogP contribution in [-0.2, 0) is 4.79 Å². The first-order valence-electron chi connectivity index (χ1n) is 7.95. The fraction of sp³-hybridized carbons (Fsp3) is 0.526. The highest BCUT2D eigenvalue weighted by Gasteiger charge is 2.30. The Balaban J connectivity index is 0.000000713. The van der Waals surface area contributed by atoms with Crippen molar-refractivity contribution in [3.8, 4) is 0 Å². The van der Waals surface area contributed by atoms with Gasteiger partial charge in [0, 0.05) is 0 Å². The number of benzene rings is 1. The Bertz CT molecular complexity index is 432. The maximum Gasteiger partial charge on any atom is 0.204 e. The van der Waals surface area contributed by atoms with E-state index in [1.807, 2.05) is 13.8 Å². The maximum atomic E-state index is 8.58. The van der Waals surface area contributed by atoms with Gasteiger partial charge in [-0.2, -0.15) is 0 Å². The van der Waals surface area contributed by atoms with E-state index >= 15 is 0 Å². The van der Waals surface area contributed by atoms with E-state index in [4.69, 9.17) is 4.79 Å². The first-order chi connectivity index (χ1) is 10.0. The minimum Gasteiger partial charge on any atom is -0.372 e. The van der Waals surface area contributed by atoms with E-state index in [1.165, 1.54) is 31.2 Å². The topological polar surface area (TPSA) is 43.1 Å². The predicted molar refractivity (Wildman–Crippen MR) is 92.9 cm³/mol. The third-order valence-electron chi connectivity index (χ3n) is 3.45. The van der Waals surface area contributed by atoms with Gasteiger partial charge in [0.25, 0.3) is 0 Å². The van der Waals surface area contributed by atoms with Crippen LogP contribution in [0, 0.1) is 5.41 Å². The molecule has 2 nitrogen and oxygen atoms in total. The number of nitrogens with two attached hydrogens (primary N) is 1. The lowest BCUT2D eigenvalue weighted by molar-refractivity contribution is -0.106. The monoisotopic (exact) mass is 289 g/mol. The molecule has 1 aromatic carbocycles.